The number of pyridine rings is 2. The first-order valence-electron chi connectivity index (χ1n) is 14.3. The van der Waals surface area contributed by atoms with Crippen molar-refractivity contribution in [2.75, 3.05) is 13.1 Å². The quantitative estimate of drug-likeness (QED) is 0.506. The van der Waals surface area contributed by atoms with Crippen LogP contribution >= 0.6 is 0 Å². The van der Waals surface area contributed by atoms with Crippen molar-refractivity contribution in [3.63, 3.8) is 0 Å². The van der Waals surface area contributed by atoms with E-state index in [0.29, 0.717) is 18.2 Å². The molecular weight excluding hydrogens is 476 g/mol. The second-order valence-corrected chi connectivity index (χ2v) is 11.2. The first-order chi connectivity index (χ1) is 18.3. The lowest BCUT2D eigenvalue weighted by molar-refractivity contribution is 0.0925. The SMILES string of the molecule is Cc1ccncc1CN(C(=O)NC1CCCCC1)C1CCN([C@H](C)CCc2nccc(C)c2C(N)=O)CC1. The number of carbonyl (C=O) groups is 2. The Bertz CT molecular complexity index is 1090. The molecule has 38 heavy (non-hydrogen) atoms. The van der Waals surface area contributed by atoms with Gasteiger partial charge in [-0.3, -0.25) is 14.8 Å². The topological polar surface area (TPSA) is 104 Å². The fraction of sp³-hybridized carbons (Fsp3) is 0.600. The van der Waals surface area contributed by atoms with E-state index in [1.54, 1.807) is 6.20 Å². The largest absolute Gasteiger partial charge is 0.366 e. The second kappa shape index (κ2) is 13.2. The predicted molar refractivity (Wildman–Crippen MR) is 150 cm³/mol. The summed E-state index contributed by atoms with van der Waals surface area (Å²) in [5.74, 6) is -0.408. The van der Waals surface area contributed by atoms with Gasteiger partial charge in [0.1, 0.15) is 0 Å². The van der Waals surface area contributed by atoms with E-state index in [0.717, 1.165) is 68.4 Å². The number of piperidine rings is 1. The van der Waals surface area contributed by atoms with Gasteiger partial charge >= 0.3 is 6.03 Å². The molecule has 4 rings (SSSR count). The third-order valence-electron chi connectivity index (χ3n) is 8.53. The average Bonchev–Trinajstić information content (AvgIpc) is 2.91. The molecule has 0 aromatic carbocycles. The molecule has 1 aliphatic heterocycles. The van der Waals surface area contributed by atoms with Crippen LogP contribution in [0, 0.1) is 13.8 Å². The molecule has 0 unspecified atom stereocenters. The highest BCUT2D eigenvalue weighted by Crippen LogP contribution is 2.24. The Morgan fingerprint density at radius 3 is 2.47 bits per heavy atom. The zero-order valence-corrected chi connectivity index (χ0v) is 23.3. The van der Waals surface area contributed by atoms with Gasteiger partial charge in [-0.25, -0.2) is 4.79 Å². The number of carbonyl (C=O) groups excluding carboxylic acids is 2. The van der Waals surface area contributed by atoms with Crippen molar-refractivity contribution in [2.24, 2.45) is 5.73 Å². The monoisotopic (exact) mass is 520 g/mol. The number of aryl methyl sites for hydroxylation is 3. The summed E-state index contributed by atoms with van der Waals surface area (Å²) >= 11 is 0. The number of hydrogen-bond acceptors (Lipinski definition) is 5. The molecule has 0 radical (unpaired) electrons. The number of likely N-dealkylation sites (tertiary alicyclic amines) is 1. The fourth-order valence-corrected chi connectivity index (χ4v) is 6.02. The van der Waals surface area contributed by atoms with E-state index >= 15 is 0 Å². The van der Waals surface area contributed by atoms with Gasteiger partial charge in [-0.15, -0.1) is 0 Å². The van der Waals surface area contributed by atoms with Crippen LogP contribution in [0.3, 0.4) is 0 Å². The van der Waals surface area contributed by atoms with E-state index in [-0.39, 0.29) is 18.1 Å². The van der Waals surface area contributed by atoms with Crippen LogP contribution in [-0.4, -0.2) is 62.9 Å². The number of amides is 3. The Morgan fingerprint density at radius 1 is 1.08 bits per heavy atom. The number of nitrogens with one attached hydrogen (secondary N) is 1. The Morgan fingerprint density at radius 2 is 1.79 bits per heavy atom. The van der Waals surface area contributed by atoms with Crippen molar-refractivity contribution >= 4 is 11.9 Å². The molecule has 0 bridgehead atoms. The molecule has 2 aliphatic rings. The third kappa shape index (κ3) is 7.10. The van der Waals surface area contributed by atoms with E-state index in [1.807, 2.05) is 31.5 Å². The zero-order valence-electron chi connectivity index (χ0n) is 23.3. The lowest BCUT2D eigenvalue weighted by atomic mass is 9.95. The van der Waals surface area contributed by atoms with Crippen LogP contribution in [0.4, 0.5) is 4.79 Å². The minimum Gasteiger partial charge on any atom is -0.366 e. The van der Waals surface area contributed by atoms with Crippen LogP contribution < -0.4 is 11.1 Å². The number of hydrogen-bond donors (Lipinski definition) is 2. The molecule has 206 valence electrons. The Balaban J connectivity index is 1.37. The van der Waals surface area contributed by atoms with Crippen LogP contribution in [0.2, 0.25) is 0 Å². The Labute approximate surface area is 227 Å². The van der Waals surface area contributed by atoms with Gasteiger partial charge in [0.15, 0.2) is 0 Å². The normalized spacial score (nSPS) is 18.2. The molecule has 1 atom stereocenters. The van der Waals surface area contributed by atoms with Gasteiger partial charge in [0.05, 0.1) is 11.3 Å². The Hall–Kier alpha value is -3.00. The minimum absolute atomic E-state index is 0.0659. The number of rotatable bonds is 9. The summed E-state index contributed by atoms with van der Waals surface area (Å²) < 4.78 is 0. The fourth-order valence-electron chi connectivity index (χ4n) is 6.02. The van der Waals surface area contributed by atoms with E-state index < -0.39 is 5.91 Å². The summed E-state index contributed by atoms with van der Waals surface area (Å²) in [6.07, 6.45) is 14.8. The van der Waals surface area contributed by atoms with Gasteiger partial charge in [0.25, 0.3) is 5.91 Å². The molecule has 3 heterocycles. The van der Waals surface area contributed by atoms with Gasteiger partial charge < -0.3 is 20.9 Å². The molecule has 2 aromatic heterocycles. The first-order valence-corrected chi connectivity index (χ1v) is 14.3. The predicted octanol–water partition coefficient (Wildman–Crippen LogP) is 4.52. The van der Waals surface area contributed by atoms with Crippen LogP contribution in [0.5, 0.6) is 0 Å². The Kier molecular flexibility index (Phi) is 9.72. The first kappa shape index (κ1) is 28.0. The van der Waals surface area contributed by atoms with Crippen LogP contribution in [-0.2, 0) is 13.0 Å². The highest BCUT2D eigenvalue weighted by atomic mass is 16.2. The molecule has 2 aromatic rings. The summed E-state index contributed by atoms with van der Waals surface area (Å²) in [7, 11) is 0. The van der Waals surface area contributed by atoms with Crippen molar-refractivity contribution in [2.45, 2.75) is 103 Å². The molecule has 8 heteroatoms. The van der Waals surface area contributed by atoms with Crippen LogP contribution in [0.1, 0.15) is 91.0 Å². The van der Waals surface area contributed by atoms with Gasteiger partial charge in [-0.2, -0.15) is 0 Å². The highest BCUT2D eigenvalue weighted by Gasteiger charge is 2.31. The number of urea groups is 1. The maximum Gasteiger partial charge on any atom is 0.318 e. The zero-order chi connectivity index (χ0) is 27.1. The molecular formula is C30H44N6O2. The molecule has 0 spiro atoms. The summed E-state index contributed by atoms with van der Waals surface area (Å²) in [5, 5.41) is 3.36. The van der Waals surface area contributed by atoms with Crippen LogP contribution in [0.15, 0.2) is 30.7 Å². The third-order valence-corrected chi connectivity index (χ3v) is 8.53. The van der Waals surface area contributed by atoms with Crippen molar-refractivity contribution in [1.82, 2.24) is 25.1 Å². The number of nitrogens with two attached hydrogens (primary N) is 1. The van der Waals surface area contributed by atoms with Gasteiger partial charge in [0.2, 0.25) is 0 Å². The van der Waals surface area contributed by atoms with Crippen molar-refractivity contribution in [3.8, 4) is 0 Å². The maximum absolute atomic E-state index is 13.6. The van der Waals surface area contributed by atoms with Crippen molar-refractivity contribution < 1.29 is 9.59 Å². The van der Waals surface area contributed by atoms with Crippen LogP contribution in [0.25, 0.3) is 0 Å². The van der Waals surface area contributed by atoms with E-state index in [2.05, 4.69) is 38.9 Å². The lowest BCUT2D eigenvalue weighted by Crippen LogP contribution is -2.53. The number of nitrogens with zero attached hydrogens (tertiary/aromatic N) is 4. The summed E-state index contributed by atoms with van der Waals surface area (Å²) in [6.45, 7) is 8.71. The molecule has 1 saturated carbocycles. The maximum atomic E-state index is 13.6. The summed E-state index contributed by atoms with van der Waals surface area (Å²) in [6, 6.07) is 4.75. The summed E-state index contributed by atoms with van der Waals surface area (Å²) in [5.41, 5.74) is 10.1. The lowest BCUT2D eigenvalue weighted by Gasteiger charge is -2.41. The van der Waals surface area contributed by atoms with Crippen molar-refractivity contribution in [1.29, 1.82) is 0 Å². The molecule has 1 aliphatic carbocycles. The standard InChI is InChI=1S/C30H44N6O2/c1-21-11-15-32-19-24(21)20-36(30(38)34-25-7-5-4-6-8-25)26-13-17-35(18-14-26)23(3)9-10-27-28(29(31)37)22(2)12-16-33-27/h11-12,15-16,19,23,25-26H,4-10,13-14,17-18,20H2,1-3H3,(H2,31,37)(H,34,38)/t23-/m1/s1. The summed E-state index contributed by atoms with van der Waals surface area (Å²) in [4.78, 5) is 38.8. The number of primary amides is 1. The molecule has 1 saturated heterocycles. The highest BCUT2D eigenvalue weighted by molar-refractivity contribution is 5.95. The van der Waals surface area contributed by atoms with E-state index in [1.165, 1.54) is 24.8 Å². The molecule has 2 fully saturated rings. The van der Waals surface area contributed by atoms with Gasteiger partial charge in [-0.1, -0.05) is 19.3 Å². The average molecular weight is 521 g/mol. The smallest absolute Gasteiger partial charge is 0.318 e. The molecule has 8 nitrogen and oxygen atoms in total. The van der Waals surface area contributed by atoms with Crippen molar-refractivity contribution in [3.05, 3.63) is 58.7 Å². The molecule has 3 amide bonds. The second-order valence-electron chi connectivity index (χ2n) is 11.2. The van der Waals surface area contributed by atoms with E-state index in [4.69, 9.17) is 5.73 Å². The van der Waals surface area contributed by atoms with E-state index in [9.17, 15) is 9.59 Å². The minimum atomic E-state index is -0.408. The molecule has 3 N–H and O–H groups in total. The van der Waals surface area contributed by atoms with Gasteiger partial charge in [0, 0.05) is 56.4 Å². The van der Waals surface area contributed by atoms with Gasteiger partial charge in [-0.05, 0) is 88.1 Å². The number of aromatic nitrogens is 2.